The van der Waals surface area contributed by atoms with Crippen LogP contribution in [0.3, 0.4) is 0 Å². The number of carbonyl (C=O) groups excluding carboxylic acids is 4. The van der Waals surface area contributed by atoms with Gasteiger partial charge in [0.1, 0.15) is 11.5 Å². The number of amides is 3. The Morgan fingerprint density at radius 2 is 1.65 bits per heavy atom. The third-order valence-corrected chi connectivity index (χ3v) is 7.55. The van der Waals surface area contributed by atoms with Gasteiger partial charge in [0.25, 0.3) is 5.91 Å². The Bertz CT molecular complexity index is 1440. The number of hydrogen-bond donors (Lipinski definition) is 1. The van der Waals surface area contributed by atoms with E-state index in [-0.39, 0.29) is 35.1 Å². The van der Waals surface area contributed by atoms with Crippen LogP contribution in [0.15, 0.2) is 72.8 Å². The molecule has 1 saturated carbocycles. The minimum absolute atomic E-state index is 0.130. The highest BCUT2D eigenvalue weighted by atomic mass is 16.5. The van der Waals surface area contributed by atoms with Crippen LogP contribution in [0, 0.1) is 11.8 Å². The lowest BCUT2D eigenvalue weighted by molar-refractivity contribution is -0.122. The molecule has 3 aromatic carbocycles. The Balaban J connectivity index is 1.23. The van der Waals surface area contributed by atoms with Crippen molar-refractivity contribution in [1.82, 2.24) is 0 Å². The first-order valence-electron chi connectivity index (χ1n) is 13.1. The zero-order valence-corrected chi connectivity index (χ0v) is 22.3. The highest BCUT2D eigenvalue weighted by Crippen LogP contribution is 2.45. The Morgan fingerprint density at radius 3 is 2.40 bits per heavy atom. The van der Waals surface area contributed by atoms with Gasteiger partial charge < -0.3 is 19.5 Å². The minimum atomic E-state index is -0.751. The molecule has 9 heteroatoms. The van der Waals surface area contributed by atoms with E-state index in [1.165, 1.54) is 36.8 Å². The molecule has 2 aliphatic rings. The molecule has 2 fully saturated rings. The highest BCUT2D eigenvalue weighted by molar-refractivity contribution is 6.22. The summed E-state index contributed by atoms with van der Waals surface area (Å²) in [5.41, 5.74) is 2.03. The van der Waals surface area contributed by atoms with Gasteiger partial charge in [-0.1, -0.05) is 36.4 Å². The van der Waals surface area contributed by atoms with Crippen molar-refractivity contribution < 1.29 is 33.4 Å². The number of anilines is 2. The highest BCUT2D eigenvalue weighted by Gasteiger charge is 2.50. The van der Waals surface area contributed by atoms with Crippen LogP contribution in [0.2, 0.25) is 0 Å². The molecule has 3 amide bonds. The smallest absolute Gasteiger partial charge is 0.338 e. The van der Waals surface area contributed by atoms with Crippen LogP contribution in [0.25, 0.3) is 0 Å². The van der Waals surface area contributed by atoms with E-state index in [1.54, 1.807) is 30.3 Å². The molecule has 0 aromatic heterocycles. The van der Waals surface area contributed by atoms with E-state index in [4.69, 9.17) is 14.2 Å². The number of ether oxygens (including phenoxy) is 3. The van der Waals surface area contributed by atoms with Crippen molar-refractivity contribution in [1.29, 1.82) is 0 Å². The van der Waals surface area contributed by atoms with Crippen LogP contribution in [0.5, 0.6) is 11.5 Å². The summed E-state index contributed by atoms with van der Waals surface area (Å²) in [6.45, 7) is -0.537. The normalized spacial score (nSPS) is 20.1. The van der Waals surface area contributed by atoms with Crippen molar-refractivity contribution in [3.8, 4) is 11.5 Å². The standard InChI is InChI=1S/C31H30N2O7/c1-38-23-12-14-26(27(17-23)39-2)32-28(34)18-40-31(37)21-9-6-10-22(15-21)33-29(35)24-13-11-20(16-25(24)30(33)36)19-7-4-3-5-8-19/h3-10,12,14-15,17,20,24-25H,11,13,16,18H2,1-2H3,(H,32,34)/t20-,24+,25-/m0/s1. The Kier molecular flexibility index (Phi) is 7.82. The summed E-state index contributed by atoms with van der Waals surface area (Å²) in [5, 5.41) is 2.64. The van der Waals surface area contributed by atoms with E-state index in [2.05, 4.69) is 17.4 Å². The molecule has 9 nitrogen and oxygen atoms in total. The van der Waals surface area contributed by atoms with Crippen molar-refractivity contribution in [3.05, 3.63) is 83.9 Å². The van der Waals surface area contributed by atoms with Crippen LogP contribution in [-0.4, -0.2) is 44.5 Å². The molecule has 0 radical (unpaired) electrons. The maximum absolute atomic E-state index is 13.4. The maximum atomic E-state index is 13.4. The molecule has 1 aliphatic heterocycles. The molecular formula is C31H30N2O7. The first kappa shape index (κ1) is 26.9. The quantitative estimate of drug-likeness (QED) is 0.328. The number of rotatable bonds is 8. The number of carbonyl (C=O) groups is 4. The molecule has 40 heavy (non-hydrogen) atoms. The number of nitrogens with one attached hydrogen (secondary N) is 1. The average Bonchev–Trinajstić information content (AvgIpc) is 3.25. The molecule has 1 heterocycles. The van der Waals surface area contributed by atoms with Gasteiger partial charge in [0.15, 0.2) is 6.61 Å². The minimum Gasteiger partial charge on any atom is -0.497 e. The number of esters is 1. The molecule has 0 bridgehead atoms. The lowest BCUT2D eigenvalue weighted by Crippen LogP contribution is -2.31. The van der Waals surface area contributed by atoms with Crippen LogP contribution in [0.4, 0.5) is 11.4 Å². The lowest BCUT2D eigenvalue weighted by Gasteiger charge is -2.28. The molecular weight excluding hydrogens is 512 g/mol. The fraction of sp³-hybridized carbons (Fsp3) is 0.290. The van der Waals surface area contributed by atoms with Crippen LogP contribution in [0.1, 0.15) is 41.1 Å². The zero-order valence-electron chi connectivity index (χ0n) is 22.3. The third kappa shape index (κ3) is 5.40. The monoisotopic (exact) mass is 542 g/mol. The van der Waals surface area contributed by atoms with Gasteiger partial charge in [-0.3, -0.25) is 19.3 Å². The largest absolute Gasteiger partial charge is 0.497 e. The van der Waals surface area contributed by atoms with Crippen LogP contribution in [-0.2, 0) is 19.1 Å². The van der Waals surface area contributed by atoms with Crippen molar-refractivity contribution in [3.63, 3.8) is 0 Å². The van der Waals surface area contributed by atoms with Gasteiger partial charge >= 0.3 is 5.97 Å². The summed E-state index contributed by atoms with van der Waals surface area (Å²) in [5.74, 6) is -1.36. The zero-order chi connectivity index (χ0) is 28.2. The molecule has 1 N–H and O–H groups in total. The molecule has 5 rings (SSSR count). The van der Waals surface area contributed by atoms with Crippen LogP contribution < -0.4 is 19.7 Å². The second kappa shape index (κ2) is 11.6. The molecule has 206 valence electrons. The van der Waals surface area contributed by atoms with Gasteiger partial charge in [0, 0.05) is 6.07 Å². The van der Waals surface area contributed by atoms with Gasteiger partial charge in [0.2, 0.25) is 11.8 Å². The number of benzene rings is 3. The summed E-state index contributed by atoms with van der Waals surface area (Å²) in [6.07, 6.45) is 2.10. The summed E-state index contributed by atoms with van der Waals surface area (Å²) in [6, 6.07) is 21.1. The molecule has 1 aliphatic carbocycles. The molecule has 0 unspecified atom stereocenters. The van der Waals surface area contributed by atoms with E-state index >= 15 is 0 Å². The van der Waals surface area contributed by atoms with E-state index in [0.717, 1.165) is 6.42 Å². The SMILES string of the molecule is COc1ccc(NC(=O)COC(=O)c2cccc(N3C(=O)[C@H]4C[C@@H](c5ccccc5)CC[C@H]4C3=O)c2)c(OC)c1. The van der Waals surface area contributed by atoms with Crippen molar-refractivity contribution in [2.75, 3.05) is 31.0 Å². The van der Waals surface area contributed by atoms with Gasteiger partial charge in [-0.15, -0.1) is 0 Å². The topological polar surface area (TPSA) is 111 Å². The van der Waals surface area contributed by atoms with Gasteiger partial charge in [0.05, 0.1) is 43.0 Å². The predicted octanol–water partition coefficient (Wildman–Crippen LogP) is 4.57. The summed E-state index contributed by atoms with van der Waals surface area (Å²) >= 11 is 0. The number of hydrogen-bond acceptors (Lipinski definition) is 7. The fourth-order valence-electron chi connectivity index (χ4n) is 5.54. The third-order valence-electron chi connectivity index (χ3n) is 7.55. The van der Waals surface area contributed by atoms with Gasteiger partial charge in [-0.05, 0) is 61.1 Å². The number of fused-ring (bicyclic) bond motifs is 1. The maximum Gasteiger partial charge on any atom is 0.338 e. The second-order valence-electron chi connectivity index (χ2n) is 9.89. The Hall–Kier alpha value is -4.66. The first-order valence-corrected chi connectivity index (χ1v) is 13.1. The van der Waals surface area contributed by atoms with Gasteiger partial charge in [-0.25, -0.2) is 4.79 Å². The average molecular weight is 543 g/mol. The van der Waals surface area contributed by atoms with E-state index in [1.807, 2.05) is 18.2 Å². The van der Waals surface area contributed by atoms with E-state index in [0.29, 0.717) is 35.7 Å². The number of nitrogens with zero attached hydrogens (tertiary/aromatic N) is 1. The first-order chi connectivity index (χ1) is 19.4. The van der Waals surface area contributed by atoms with Crippen molar-refractivity contribution in [2.45, 2.75) is 25.2 Å². The predicted molar refractivity (Wildman–Crippen MR) is 147 cm³/mol. The summed E-state index contributed by atoms with van der Waals surface area (Å²) < 4.78 is 15.6. The van der Waals surface area contributed by atoms with Crippen LogP contribution >= 0.6 is 0 Å². The Labute approximate surface area is 232 Å². The van der Waals surface area contributed by atoms with Crippen molar-refractivity contribution >= 4 is 35.1 Å². The summed E-state index contributed by atoms with van der Waals surface area (Å²) in [4.78, 5) is 53.1. The molecule has 3 aromatic rings. The summed E-state index contributed by atoms with van der Waals surface area (Å²) in [7, 11) is 2.98. The van der Waals surface area contributed by atoms with Gasteiger partial charge in [-0.2, -0.15) is 0 Å². The Morgan fingerprint density at radius 1 is 0.875 bits per heavy atom. The van der Waals surface area contributed by atoms with Crippen molar-refractivity contribution in [2.24, 2.45) is 11.8 Å². The second-order valence-corrected chi connectivity index (χ2v) is 9.89. The lowest BCUT2D eigenvalue weighted by atomic mass is 9.73. The number of imide groups is 1. The molecule has 3 atom stereocenters. The number of methoxy groups -OCH3 is 2. The molecule has 1 saturated heterocycles. The van der Waals surface area contributed by atoms with E-state index in [9.17, 15) is 19.2 Å². The van der Waals surface area contributed by atoms with E-state index < -0.39 is 18.5 Å². The molecule has 0 spiro atoms. The fourth-order valence-corrected chi connectivity index (χ4v) is 5.54.